The second-order valence-corrected chi connectivity index (χ2v) is 9.60. The Morgan fingerprint density at radius 3 is 2.81 bits per heavy atom. The summed E-state index contributed by atoms with van der Waals surface area (Å²) in [6, 6.07) is 1.49. The molecule has 1 fully saturated rings. The summed E-state index contributed by atoms with van der Waals surface area (Å²) in [5, 5.41) is 7.83. The zero-order valence-electron chi connectivity index (χ0n) is 21.0. The molecule has 1 amide bonds. The zero-order valence-corrected chi connectivity index (χ0v) is 21.0. The zero-order chi connectivity index (χ0) is 26.7. The fourth-order valence-corrected chi connectivity index (χ4v) is 4.45. The van der Waals surface area contributed by atoms with Crippen LogP contribution in [0, 0.1) is 0 Å². The summed E-state index contributed by atoms with van der Waals surface area (Å²) in [4.78, 5) is 32.9. The van der Waals surface area contributed by atoms with Crippen LogP contribution in [0.4, 0.5) is 24.7 Å². The van der Waals surface area contributed by atoms with Gasteiger partial charge in [-0.15, -0.1) is 0 Å². The lowest BCUT2D eigenvalue weighted by Crippen LogP contribution is -2.58. The van der Waals surface area contributed by atoms with Crippen LogP contribution in [-0.2, 0) is 15.7 Å². The fraction of sp³-hybridized carbons (Fsp3) is 0.583. The molecule has 2 atom stereocenters. The molecule has 0 aliphatic carbocycles. The molecule has 0 radical (unpaired) electrons. The van der Waals surface area contributed by atoms with Crippen LogP contribution in [0.5, 0.6) is 5.75 Å². The molecular weight excluding hydrogens is 493 g/mol. The number of carbonyl (C=O) groups is 1. The second kappa shape index (κ2) is 11.0. The number of H-pyrrole nitrogens is 1. The molecule has 0 bridgehead atoms. The Morgan fingerprint density at radius 2 is 2.08 bits per heavy atom. The predicted octanol–water partition coefficient (Wildman–Crippen LogP) is 2.62. The predicted molar refractivity (Wildman–Crippen MR) is 130 cm³/mol. The summed E-state index contributed by atoms with van der Waals surface area (Å²) in [5.41, 5.74) is -1.97. The lowest BCUT2D eigenvalue weighted by Gasteiger charge is -2.44. The SMILES string of the molecule is CC(C)c1cnc2c(c1)OCC1CN(C(=O)CCOC[C@H](C)Nc3cn[nH]c(=O)c3C(F)(F)F)CCN21. The average molecular weight is 525 g/mol. The van der Waals surface area contributed by atoms with E-state index in [-0.39, 0.29) is 31.6 Å². The van der Waals surface area contributed by atoms with Gasteiger partial charge in [-0.25, -0.2) is 10.1 Å². The molecule has 1 saturated heterocycles. The number of nitrogens with zero attached hydrogens (tertiary/aromatic N) is 4. The van der Waals surface area contributed by atoms with E-state index < -0.39 is 29.0 Å². The maximum absolute atomic E-state index is 13.2. The average Bonchev–Trinajstić information content (AvgIpc) is 2.84. The molecule has 4 rings (SSSR count). The molecule has 37 heavy (non-hydrogen) atoms. The second-order valence-electron chi connectivity index (χ2n) is 9.60. The third kappa shape index (κ3) is 6.14. The fourth-order valence-electron chi connectivity index (χ4n) is 4.45. The molecule has 2 aliphatic heterocycles. The molecule has 2 aliphatic rings. The van der Waals surface area contributed by atoms with Gasteiger partial charge in [-0.1, -0.05) is 13.8 Å². The molecule has 2 N–H and O–H groups in total. The number of nitrogens with one attached hydrogen (secondary N) is 2. The monoisotopic (exact) mass is 524 g/mol. The van der Waals surface area contributed by atoms with Gasteiger partial charge < -0.3 is 24.6 Å². The quantitative estimate of drug-likeness (QED) is 0.507. The Hall–Kier alpha value is -3.35. The van der Waals surface area contributed by atoms with E-state index in [2.05, 4.69) is 34.1 Å². The van der Waals surface area contributed by atoms with Gasteiger partial charge in [-0.3, -0.25) is 9.59 Å². The van der Waals surface area contributed by atoms with E-state index in [4.69, 9.17) is 9.47 Å². The number of amides is 1. The van der Waals surface area contributed by atoms with Gasteiger partial charge in [-0.2, -0.15) is 18.3 Å². The first-order chi connectivity index (χ1) is 17.5. The van der Waals surface area contributed by atoms with Gasteiger partial charge in [-0.05, 0) is 24.5 Å². The maximum Gasteiger partial charge on any atom is 0.423 e. The first-order valence-corrected chi connectivity index (χ1v) is 12.2. The summed E-state index contributed by atoms with van der Waals surface area (Å²) in [6.07, 6.45) is -1.89. The maximum atomic E-state index is 13.2. The summed E-state index contributed by atoms with van der Waals surface area (Å²) in [7, 11) is 0. The number of halogens is 3. The highest BCUT2D eigenvalue weighted by Gasteiger charge is 2.38. The Kier molecular flexibility index (Phi) is 7.90. The number of hydrogen-bond acceptors (Lipinski definition) is 8. The molecule has 0 saturated carbocycles. The van der Waals surface area contributed by atoms with E-state index in [1.54, 1.807) is 16.9 Å². The van der Waals surface area contributed by atoms with E-state index in [1.165, 1.54) is 0 Å². The minimum atomic E-state index is -4.82. The molecule has 1 unspecified atom stereocenters. The molecule has 13 heteroatoms. The third-order valence-corrected chi connectivity index (χ3v) is 6.43. The number of aromatic amines is 1. The number of carbonyl (C=O) groups excluding carboxylic acids is 1. The molecule has 4 heterocycles. The number of hydrogen-bond donors (Lipinski definition) is 2. The van der Waals surface area contributed by atoms with Crippen LogP contribution in [0.2, 0.25) is 0 Å². The Bertz CT molecular complexity index is 1170. The summed E-state index contributed by atoms with van der Waals surface area (Å²) in [5.74, 6) is 1.87. The van der Waals surface area contributed by atoms with Crippen molar-refractivity contribution in [3.05, 3.63) is 39.9 Å². The van der Waals surface area contributed by atoms with Crippen LogP contribution >= 0.6 is 0 Å². The molecule has 2 aromatic heterocycles. The van der Waals surface area contributed by atoms with Gasteiger partial charge >= 0.3 is 6.18 Å². The van der Waals surface area contributed by atoms with E-state index >= 15 is 0 Å². The normalized spacial score (nSPS) is 18.2. The number of piperazine rings is 1. The van der Waals surface area contributed by atoms with Crippen LogP contribution in [0.1, 0.15) is 44.2 Å². The molecule has 202 valence electrons. The van der Waals surface area contributed by atoms with Crippen LogP contribution in [0.3, 0.4) is 0 Å². The van der Waals surface area contributed by atoms with Gasteiger partial charge in [0.25, 0.3) is 5.56 Å². The van der Waals surface area contributed by atoms with Gasteiger partial charge in [0.1, 0.15) is 12.2 Å². The van der Waals surface area contributed by atoms with Crippen molar-refractivity contribution in [3.8, 4) is 5.75 Å². The number of alkyl halides is 3. The number of rotatable bonds is 8. The Labute approximate surface area is 212 Å². The molecule has 2 aromatic rings. The molecule has 0 aromatic carbocycles. The summed E-state index contributed by atoms with van der Waals surface area (Å²) in [6.45, 7) is 8.17. The minimum absolute atomic E-state index is 0.0122. The molecule has 10 nitrogen and oxygen atoms in total. The van der Waals surface area contributed by atoms with Crippen molar-refractivity contribution in [2.45, 2.75) is 51.4 Å². The molecule has 0 spiro atoms. The van der Waals surface area contributed by atoms with Gasteiger partial charge in [0.05, 0.1) is 37.6 Å². The lowest BCUT2D eigenvalue weighted by atomic mass is 10.0. The Balaban J connectivity index is 1.23. The van der Waals surface area contributed by atoms with Crippen LogP contribution in [0.25, 0.3) is 0 Å². The van der Waals surface area contributed by atoms with Gasteiger partial charge in [0.2, 0.25) is 5.91 Å². The van der Waals surface area contributed by atoms with Crippen molar-refractivity contribution in [1.29, 1.82) is 0 Å². The number of pyridine rings is 1. The standard InChI is InChI=1S/C24H31F3N6O4/c1-14(2)16-8-19-22(28-9-16)33-6-5-32(11-17(33)13-37-19)20(34)4-7-36-12-15(3)30-18-10-29-31-23(35)21(18)24(25,26)27/h8-10,14-15,17H,4-7,11-13H2,1-3H3,(H2,30,31,35)/t15-,17?/m0/s1. The first-order valence-electron chi connectivity index (χ1n) is 12.2. The van der Waals surface area contributed by atoms with E-state index in [0.717, 1.165) is 23.3 Å². The van der Waals surface area contributed by atoms with Crippen molar-refractivity contribution in [3.63, 3.8) is 0 Å². The van der Waals surface area contributed by atoms with Crippen LogP contribution in [-0.4, -0.2) is 77.5 Å². The van der Waals surface area contributed by atoms with E-state index in [9.17, 15) is 22.8 Å². The largest absolute Gasteiger partial charge is 0.487 e. The number of anilines is 2. The minimum Gasteiger partial charge on any atom is -0.487 e. The van der Waals surface area contributed by atoms with Crippen molar-refractivity contribution < 1.29 is 27.4 Å². The smallest absolute Gasteiger partial charge is 0.423 e. The highest BCUT2D eigenvalue weighted by Crippen LogP contribution is 2.35. The third-order valence-electron chi connectivity index (χ3n) is 6.43. The topological polar surface area (TPSA) is 113 Å². The number of fused-ring (bicyclic) bond motifs is 3. The van der Waals surface area contributed by atoms with E-state index in [0.29, 0.717) is 32.2 Å². The number of ether oxygens (including phenoxy) is 2. The van der Waals surface area contributed by atoms with Crippen LogP contribution in [0.15, 0.2) is 23.3 Å². The van der Waals surface area contributed by atoms with Crippen molar-refractivity contribution in [2.24, 2.45) is 0 Å². The van der Waals surface area contributed by atoms with Crippen LogP contribution < -0.4 is 20.5 Å². The Morgan fingerprint density at radius 1 is 1.30 bits per heavy atom. The van der Waals surface area contributed by atoms with Crippen molar-refractivity contribution in [2.75, 3.05) is 49.7 Å². The number of aromatic nitrogens is 3. The first kappa shape index (κ1) is 26.7. The molecular formula is C24H31F3N6O4. The highest BCUT2D eigenvalue weighted by molar-refractivity contribution is 5.77. The van der Waals surface area contributed by atoms with Gasteiger partial charge in [0, 0.05) is 31.9 Å². The van der Waals surface area contributed by atoms with Gasteiger partial charge in [0.15, 0.2) is 11.6 Å². The van der Waals surface area contributed by atoms with Crippen molar-refractivity contribution >= 4 is 17.4 Å². The van der Waals surface area contributed by atoms with Crippen molar-refractivity contribution in [1.82, 2.24) is 20.1 Å². The summed E-state index contributed by atoms with van der Waals surface area (Å²) < 4.78 is 51.0. The highest BCUT2D eigenvalue weighted by atomic mass is 19.4. The summed E-state index contributed by atoms with van der Waals surface area (Å²) >= 11 is 0. The van der Waals surface area contributed by atoms with E-state index in [1.807, 2.05) is 12.3 Å². The lowest BCUT2D eigenvalue weighted by molar-refractivity contribution is -0.138.